The van der Waals surface area contributed by atoms with Gasteiger partial charge in [0.15, 0.2) is 0 Å². The Morgan fingerprint density at radius 3 is 2.70 bits per heavy atom. The molecule has 3 aromatic rings. The number of hydrogen-bond acceptors (Lipinski definition) is 5. The number of imidazole rings is 1. The third-order valence-electron chi connectivity index (χ3n) is 2.71. The summed E-state index contributed by atoms with van der Waals surface area (Å²) in [6.07, 6.45) is 5.15. The minimum Gasteiger partial charge on any atom is -0.494 e. The van der Waals surface area contributed by atoms with Crippen molar-refractivity contribution >= 4 is 11.5 Å². The van der Waals surface area contributed by atoms with Crippen LogP contribution in [-0.4, -0.2) is 21.0 Å². The van der Waals surface area contributed by atoms with Crippen LogP contribution in [0.25, 0.3) is 5.65 Å². The minimum absolute atomic E-state index is 0.372. The summed E-state index contributed by atoms with van der Waals surface area (Å²) in [4.78, 5) is 8.37. The quantitative estimate of drug-likeness (QED) is 0.788. The monoisotopic (exact) mass is 270 g/mol. The summed E-state index contributed by atoms with van der Waals surface area (Å²) in [5, 5.41) is 0. The average molecular weight is 270 g/mol. The number of rotatable bonds is 4. The van der Waals surface area contributed by atoms with Crippen LogP contribution in [0.5, 0.6) is 17.4 Å². The molecule has 0 saturated heterocycles. The highest BCUT2D eigenvalue weighted by atomic mass is 16.5. The van der Waals surface area contributed by atoms with Crippen LogP contribution in [-0.2, 0) is 0 Å². The largest absolute Gasteiger partial charge is 0.494 e. The van der Waals surface area contributed by atoms with E-state index in [1.165, 1.54) is 0 Å². The lowest BCUT2D eigenvalue weighted by Gasteiger charge is -2.08. The van der Waals surface area contributed by atoms with Gasteiger partial charge in [-0.25, -0.2) is 4.98 Å². The van der Waals surface area contributed by atoms with E-state index in [-0.39, 0.29) is 0 Å². The number of nitrogen functional groups attached to an aromatic ring is 1. The van der Waals surface area contributed by atoms with Crippen molar-refractivity contribution in [1.82, 2.24) is 14.4 Å². The molecule has 0 atom stereocenters. The molecule has 0 spiro atoms. The van der Waals surface area contributed by atoms with Gasteiger partial charge in [-0.3, -0.25) is 4.40 Å². The summed E-state index contributed by atoms with van der Waals surface area (Å²) < 4.78 is 12.9. The third-order valence-corrected chi connectivity index (χ3v) is 2.71. The van der Waals surface area contributed by atoms with Gasteiger partial charge in [-0.15, -0.1) is 0 Å². The molecule has 6 heteroatoms. The fourth-order valence-corrected chi connectivity index (χ4v) is 1.87. The van der Waals surface area contributed by atoms with E-state index in [4.69, 9.17) is 15.2 Å². The number of benzene rings is 1. The summed E-state index contributed by atoms with van der Waals surface area (Å²) in [6.45, 7) is 2.57. The van der Waals surface area contributed by atoms with Crippen LogP contribution in [0, 0.1) is 0 Å². The molecule has 3 rings (SSSR count). The van der Waals surface area contributed by atoms with Crippen molar-refractivity contribution in [1.29, 1.82) is 0 Å². The highest BCUT2D eigenvalue weighted by Gasteiger charge is 2.08. The molecule has 2 N–H and O–H groups in total. The SMILES string of the molecule is CCOc1ccc(Oc2nc(N)cn3ccnc23)cc1. The number of nitrogens with two attached hydrogens (primary N) is 1. The topological polar surface area (TPSA) is 74.7 Å². The summed E-state index contributed by atoms with van der Waals surface area (Å²) in [5.41, 5.74) is 6.36. The second-order valence-electron chi connectivity index (χ2n) is 4.14. The molecule has 102 valence electrons. The lowest BCUT2D eigenvalue weighted by molar-refractivity contribution is 0.339. The zero-order valence-corrected chi connectivity index (χ0v) is 11.0. The molecule has 1 aromatic carbocycles. The summed E-state index contributed by atoms with van der Waals surface area (Å²) in [5.74, 6) is 2.19. The maximum atomic E-state index is 5.74. The maximum absolute atomic E-state index is 5.74. The van der Waals surface area contributed by atoms with Gasteiger partial charge in [0.2, 0.25) is 5.65 Å². The molecule has 0 aliphatic rings. The molecule has 20 heavy (non-hydrogen) atoms. The summed E-state index contributed by atoms with van der Waals surface area (Å²) in [6, 6.07) is 7.31. The molecule has 2 heterocycles. The standard InChI is InChI=1S/C14H14N4O2/c1-2-19-10-3-5-11(6-4-10)20-14-13-16-7-8-18(13)9-12(15)17-14/h3-9H,2,15H2,1H3. The molecular weight excluding hydrogens is 256 g/mol. The van der Waals surface area contributed by atoms with Crippen LogP contribution in [0.2, 0.25) is 0 Å². The first-order chi connectivity index (χ1) is 9.76. The highest BCUT2D eigenvalue weighted by Crippen LogP contribution is 2.25. The van der Waals surface area contributed by atoms with Crippen LogP contribution in [0.1, 0.15) is 6.92 Å². The normalized spacial score (nSPS) is 10.7. The van der Waals surface area contributed by atoms with E-state index in [1.807, 2.05) is 31.2 Å². The highest BCUT2D eigenvalue weighted by molar-refractivity contribution is 5.54. The smallest absolute Gasteiger partial charge is 0.265 e. The number of hydrogen-bond donors (Lipinski definition) is 1. The van der Waals surface area contributed by atoms with E-state index in [0.717, 1.165) is 5.75 Å². The lowest BCUT2D eigenvalue weighted by atomic mass is 10.3. The predicted octanol–water partition coefficient (Wildman–Crippen LogP) is 2.50. The number of aromatic nitrogens is 3. The predicted molar refractivity (Wildman–Crippen MR) is 75.1 cm³/mol. The number of anilines is 1. The van der Waals surface area contributed by atoms with Gasteiger partial charge in [-0.1, -0.05) is 0 Å². The molecule has 0 aliphatic carbocycles. The van der Waals surface area contributed by atoms with E-state index in [9.17, 15) is 0 Å². The average Bonchev–Trinajstić information content (AvgIpc) is 2.89. The molecule has 0 unspecified atom stereocenters. The number of fused-ring (bicyclic) bond motifs is 1. The van der Waals surface area contributed by atoms with Crippen LogP contribution >= 0.6 is 0 Å². The van der Waals surface area contributed by atoms with Crippen molar-refractivity contribution in [3.8, 4) is 17.4 Å². The zero-order valence-electron chi connectivity index (χ0n) is 11.0. The molecule has 0 saturated carbocycles. The second kappa shape index (κ2) is 5.08. The van der Waals surface area contributed by atoms with Crippen molar-refractivity contribution < 1.29 is 9.47 Å². The first-order valence-corrected chi connectivity index (χ1v) is 6.26. The Balaban J connectivity index is 1.90. The van der Waals surface area contributed by atoms with Crippen molar-refractivity contribution in [3.63, 3.8) is 0 Å². The molecule has 6 nitrogen and oxygen atoms in total. The van der Waals surface area contributed by atoms with Crippen molar-refractivity contribution in [2.24, 2.45) is 0 Å². The number of nitrogens with zero attached hydrogens (tertiary/aromatic N) is 3. The molecule has 0 radical (unpaired) electrons. The summed E-state index contributed by atoms with van der Waals surface area (Å²) >= 11 is 0. The Bertz CT molecular complexity index is 722. The van der Waals surface area contributed by atoms with Crippen molar-refractivity contribution in [3.05, 3.63) is 42.9 Å². The van der Waals surface area contributed by atoms with Gasteiger partial charge in [0.1, 0.15) is 17.3 Å². The Morgan fingerprint density at radius 1 is 1.20 bits per heavy atom. The van der Waals surface area contributed by atoms with Gasteiger partial charge in [0, 0.05) is 12.4 Å². The Labute approximate surface area is 115 Å². The van der Waals surface area contributed by atoms with E-state index in [2.05, 4.69) is 9.97 Å². The van der Waals surface area contributed by atoms with Crippen LogP contribution in [0.4, 0.5) is 5.82 Å². The van der Waals surface area contributed by atoms with Gasteiger partial charge in [0.25, 0.3) is 5.88 Å². The fourth-order valence-electron chi connectivity index (χ4n) is 1.87. The fraction of sp³-hybridized carbons (Fsp3) is 0.143. The molecule has 0 amide bonds. The Hall–Kier alpha value is -2.76. The third kappa shape index (κ3) is 2.35. The van der Waals surface area contributed by atoms with Crippen molar-refractivity contribution in [2.45, 2.75) is 6.92 Å². The molecule has 0 fully saturated rings. The minimum atomic E-state index is 0.372. The summed E-state index contributed by atoms with van der Waals surface area (Å²) in [7, 11) is 0. The number of ether oxygens (including phenoxy) is 2. The molecule has 0 aliphatic heterocycles. The van der Waals surface area contributed by atoms with Gasteiger partial charge in [0.05, 0.1) is 12.8 Å². The van der Waals surface area contributed by atoms with Gasteiger partial charge in [-0.2, -0.15) is 4.98 Å². The van der Waals surface area contributed by atoms with E-state index >= 15 is 0 Å². The van der Waals surface area contributed by atoms with Gasteiger partial charge in [-0.05, 0) is 31.2 Å². The Morgan fingerprint density at radius 2 is 1.95 bits per heavy atom. The lowest BCUT2D eigenvalue weighted by Crippen LogP contribution is -1.99. The van der Waals surface area contributed by atoms with Gasteiger partial charge < -0.3 is 15.2 Å². The maximum Gasteiger partial charge on any atom is 0.265 e. The van der Waals surface area contributed by atoms with Crippen LogP contribution in [0.15, 0.2) is 42.9 Å². The first kappa shape index (κ1) is 12.3. The van der Waals surface area contributed by atoms with Crippen molar-refractivity contribution in [2.75, 3.05) is 12.3 Å². The molecular formula is C14H14N4O2. The molecule has 2 aromatic heterocycles. The van der Waals surface area contributed by atoms with Crippen LogP contribution < -0.4 is 15.2 Å². The Kier molecular flexibility index (Phi) is 3.12. The van der Waals surface area contributed by atoms with E-state index < -0.39 is 0 Å². The van der Waals surface area contributed by atoms with Crippen LogP contribution in [0.3, 0.4) is 0 Å². The van der Waals surface area contributed by atoms with E-state index in [0.29, 0.717) is 29.7 Å². The first-order valence-electron chi connectivity index (χ1n) is 6.26. The molecule has 0 bridgehead atoms. The van der Waals surface area contributed by atoms with Gasteiger partial charge >= 0.3 is 0 Å². The zero-order chi connectivity index (χ0) is 13.9. The van der Waals surface area contributed by atoms with E-state index in [1.54, 1.807) is 23.0 Å². The second-order valence-corrected chi connectivity index (χ2v) is 4.14.